The van der Waals surface area contributed by atoms with E-state index in [0.717, 1.165) is 19.3 Å². The molecule has 0 amide bonds. The highest BCUT2D eigenvalue weighted by molar-refractivity contribution is 5.85. The van der Waals surface area contributed by atoms with E-state index in [-0.39, 0.29) is 0 Å². The second-order valence-electron chi connectivity index (χ2n) is 7.33. The maximum absolute atomic E-state index is 5.84. The minimum Gasteiger partial charge on any atom is -0.353 e. The number of hydrogen-bond donors (Lipinski definition) is 0. The van der Waals surface area contributed by atoms with Crippen molar-refractivity contribution >= 4 is 10.8 Å². The molecule has 0 fully saturated rings. The van der Waals surface area contributed by atoms with Crippen LogP contribution in [0.5, 0.6) is 0 Å². The minimum atomic E-state index is -0.458. The highest BCUT2D eigenvalue weighted by Gasteiger charge is 2.28. The maximum Gasteiger partial charge on any atom is 0.167 e. The molecular weight excluding hydrogens is 320 g/mol. The smallest absolute Gasteiger partial charge is 0.167 e. The number of hydrogen-bond acceptors (Lipinski definition) is 2. The molecule has 2 aromatic carbocycles. The number of methoxy groups -OCH3 is 2. The summed E-state index contributed by atoms with van der Waals surface area (Å²) in [4.78, 5) is 0. The van der Waals surface area contributed by atoms with Gasteiger partial charge in [0.05, 0.1) is 0 Å². The van der Waals surface area contributed by atoms with Gasteiger partial charge in [-0.2, -0.15) is 0 Å². The largest absolute Gasteiger partial charge is 0.353 e. The molecule has 0 heterocycles. The van der Waals surface area contributed by atoms with E-state index in [1.807, 2.05) is 0 Å². The van der Waals surface area contributed by atoms with Crippen molar-refractivity contribution < 1.29 is 9.47 Å². The van der Waals surface area contributed by atoms with E-state index in [0.29, 0.717) is 0 Å². The molecule has 0 saturated heterocycles. The minimum absolute atomic E-state index is 0.458. The summed E-state index contributed by atoms with van der Waals surface area (Å²) in [6.07, 6.45) is 12.0. The third-order valence-corrected chi connectivity index (χ3v) is 5.56. The molecule has 26 heavy (non-hydrogen) atoms. The number of ether oxygens (including phenoxy) is 2. The molecule has 144 valence electrons. The summed E-state index contributed by atoms with van der Waals surface area (Å²) in [7, 11) is 3.57. The van der Waals surface area contributed by atoms with Crippen molar-refractivity contribution in [2.24, 2.45) is 0 Å². The van der Waals surface area contributed by atoms with Crippen molar-refractivity contribution in [3.8, 4) is 0 Å². The van der Waals surface area contributed by atoms with Crippen LogP contribution in [0.4, 0.5) is 0 Å². The predicted octanol–water partition coefficient (Wildman–Crippen LogP) is 6.90. The Morgan fingerprint density at radius 2 is 1.38 bits per heavy atom. The first-order valence-corrected chi connectivity index (χ1v) is 10.3. The summed E-state index contributed by atoms with van der Waals surface area (Å²) in [5.41, 5.74) is 1.38. The Kier molecular flexibility index (Phi) is 9.14. The molecule has 0 radical (unpaired) electrons. The second-order valence-corrected chi connectivity index (χ2v) is 7.33. The normalized spacial score (nSPS) is 12.0. The standard InChI is InChI=1S/C24H36O2/c1-4-5-6-7-8-9-12-19-24(25-2,26-3)20-18-22-16-13-15-21-14-10-11-17-23(21)22/h10-11,13-17H,4-9,12,18-20H2,1-3H3. The van der Waals surface area contributed by atoms with Gasteiger partial charge in [-0.25, -0.2) is 0 Å². The Hall–Kier alpha value is -1.38. The molecule has 0 aromatic heterocycles. The molecular formula is C24H36O2. The van der Waals surface area contributed by atoms with Crippen LogP contribution in [0, 0.1) is 0 Å². The molecule has 2 heteroatoms. The van der Waals surface area contributed by atoms with Crippen molar-refractivity contribution in [1.29, 1.82) is 0 Å². The molecule has 0 spiro atoms. The van der Waals surface area contributed by atoms with Crippen molar-refractivity contribution in [3.63, 3.8) is 0 Å². The van der Waals surface area contributed by atoms with Gasteiger partial charge in [0.25, 0.3) is 0 Å². The van der Waals surface area contributed by atoms with Crippen molar-refractivity contribution in [2.75, 3.05) is 14.2 Å². The molecule has 0 aliphatic rings. The zero-order chi connectivity index (χ0) is 18.7. The van der Waals surface area contributed by atoms with Crippen LogP contribution >= 0.6 is 0 Å². The van der Waals surface area contributed by atoms with Gasteiger partial charge in [-0.3, -0.25) is 0 Å². The van der Waals surface area contributed by atoms with E-state index in [2.05, 4.69) is 49.4 Å². The van der Waals surface area contributed by atoms with E-state index >= 15 is 0 Å². The average molecular weight is 357 g/mol. The monoisotopic (exact) mass is 356 g/mol. The number of fused-ring (bicyclic) bond motifs is 1. The maximum atomic E-state index is 5.84. The fourth-order valence-corrected chi connectivity index (χ4v) is 3.80. The second kappa shape index (κ2) is 11.4. The number of benzene rings is 2. The van der Waals surface area contributed by atoms with E-state index in [4.69, 9.17) is 9.47 Å². The Labute approximate surface area is 159 Å². The molecule has 2 rings (SSSR count). The zero-order valence-electron chi connectivity index (χ0n) is 16.9. The summed E-state index contributed by atoms with van der Waals surface area (Å²) in [6, 6.07) is 15.2. The van der Waals surface area contributed by atoms with Gasteiger partial charge in [0, 0.05) is 27.1 Å². The van der Waals surface area contributed by atoms with Gasteiger partial charge in [-0.05, 0) is 29.2 Å². The number of unbranched alkanes of at least 4 members (excludes halogenated alkanes) is 6. The Morgan fingerprint density at radius 1 is 0.731 bits per heavy atom. The lowest BCUT2D eigenvalue weighted by Gasteiger charge is -2.31. The van der Waals surface area contributed by atoms with Gasteiger partial charge in [-0.15, -0.1) is 0 Å². The molecule has 0 bridgehead atoms. The van der Waals surface area contributed by atoms with Crippen LogP contribution in [-0.4, -0.2) is 20.0 Å². The third kappa shape index (κ3) is 6.10. The number of rotatable bonds is 13. The molecule has 0 atom stereocenters. The topological polar surface area (TPSA) is 18.5 Å². The van der Waals surface area contributed by atoms with Crippen LogP contribution in [-0.2, 0) is 15.9 Å². The Morgan fingerprint density at radius 3 is 2.12 bits per heavy atom. The van der Waals surface area contributed by atoms with Crippen LogP contribution in [0.25, 0.3) is 10.8 Å². The lowest BCUT2D eigenvalue weighted by molar-refractivity contribution is -0.215. The summed E-state index contributed by atoms with van der Waals surface area (Å²) < 4.78 is 11.7. The molecule has 0 aliphatic heterocycles. The van der Waals surface area contributed by atoms with Crippen LogP contribution in [0.1, 0.15) is 70.3 Å². The lowest BCUT2D eigenvalue weighted by Crippen LogP contribution is -2.34. The van der Waals surface area contributed by atoms with E-state index in [1.165, 1.54) is 61.3 Å². The summed E-state index contributed by atoms with van der Waals surface area (Å²) >= 11 is 0. The van der Waals surface area contributed by atoms with E-state index < -0.39 is 5.79 Å². The fourth-order valence-electron chi connectivity index (χ4n) is 3.80. The summed E-state index contributed by atoms with van der Waals surface area (Å²) in [5, 5.41) is 2.64. The van der Waals surface area contributed by atoms with E-state index in [9.17, 15) is 0 Å². The van der Waals surface area contributed by atoms with Gasteiger partial charge < -0.3 is 9.47 Å². The van der Waals surface area contributed by atoms with Crippen molar-refractivity contribution in [1.82, 2.24) is 0 Å². The van der Waals surface area contributed by atoms with Crippen LogP contribution in [0.3, 0.4) is 0 Å². The molecule has 0 N–H and O–H groups in total. The van der Waals surface area contributed by atoms with Crippen molar-refractivity contribution in [3.05, 3.63) is 48.0 Å². The first-order valence-electron chi connectivity index (χ1n) is 10.3. The average Bonchev–Trinajstić information content (AvgIpc) is 2.70. The SMILES string of the molecule is CCCCCCCCCC(CCc1cccc2ccccc12)(OC)OC. The molecule has 0 unspecified atom stereocenters. The van der Waals surface area contributed by atoms with Crippen LogP contribution in [0.2, 0.25) is 0 Å². The molecule has 2 nitrogen and oxygen atoms in total. The van der Waals surface area contributed by atoms with Crippen LogP contribution in [0.15, 0.2) is 42.5 Å². The fraction of sp³-hybridized carbons (Fsp3) is 0.583. The zero-order valence-corrected chi connectivity index (χ0v) is 16.9. The van der Waals surface area contributed by atoms with Gasteiger partial charge >= 0.3 is 0 Å². The third-order valence-electron chi connectivity index (χ3n) is 5.56. The van der Waals surface area contributed by atoms with Crippen molar-refractivity contribution in [2.45, 2.75) is 76.9 Å². The highest BCUT2D eigenvalue weighted by Crippen LogP contribution is 2.28. The lowest BCUT2D eigenvalue weighted by atomic mass is 9.95. The van der Waals surface area contributed by atoms with Gasteiger partial charge in [-0.1, -0.05) is 87.9 Å². The first kappa shape index (κ1) is 20.9. The van der Waals surface area contributed by atoms with Gasteiger partial charge in [0.2, 0.25) is 0 Å². The summed E-state index contributed by atoms with van der Waals surface area (Å²) in [5.74, 6) is -0.458. The highest BCUT2D eigenvalue weighted by atomic mass is 16.7. The summed E-state index contributed by atoms with van der Waals surface area (Å²) in [6.45, 7) is 2.27. The predicted molar refractivity (Wildman–Crippen MR) is 112 cm³/mol. The van der Waals surface area contributed by atoms with E-state index in [1.54, 1.807) is 14.2 Å². The molecule has 0 saturated carbocycles. The Balaban J connectivity index is 1.88. The van der Waals surface area contributed by atoms with Gasteiger partial charge in [0.1, 0.15) is 0 Å². The van der Waals surface area contributed by atoms with Gasteiger partial charge in [0.15, 0.2) is 5.79 Å². The quantitative estimate of drug-likeness (QED) is 0.287. The molecule has 0 aliphatic carbocycles. The molecule has 2 aromatic rings. The Bertz CT molecular complexity index is 626. The van der Waals surface area contributed by atoms with Crippen LogP contribution < -0.4 is 0 Å². The first-order chi connectivity index (χ1) is 12.7. The number of aryl methyl sites for hydroxylation is 1.